The van der Waals surface area contributed by atoms with Crippen LogP contribution in [0.2, 0.25) is 0 Å². The molecule has 5 heteroatoms. The Morgan fingerprint density at radius 2 is 2.32 bits per heavy atom. The van der Waals surface area contributed by atoms with Gasteiger partial charge in [-0.05, 0) is 37.3 Å². The van der Waals surface area contributed by atoms with Crippen molar-refractivity contribution in [1.82, 2.24) is 5.32 Å². The van der Waals surface area contributed by atoms with Gasteiger partial charge in [-0.15, -0.1) is 0 Å². The molecule has 1 aliphatic carbocycles. The largest absolute Gasteiger partial charge is 0.491 e. The summed E-state index contributed by atoms with van der Waals surface area (Å²) in [5.41, 5.74) is 0. The van der Waals surface area contributed by atoms with Gasteiger partial charge < -0.3 is 15.2 Å². The molecule has 3 nitrogen and oxygen atoms in total. The van der Waals surface area contributed by atoms with Crippen LogP contribution in [-0.2, 0) is 0 Å². The Morgan fingerprint density at radius 1 is 1.53 bits per heavy atom. The molecular formula is C14H20BrNO2S. The minimum Gasteiger partial charge on any atom is -0.491 e. The molecule has 1 fully saturated rings. The van der Waals surface area contributed by atoms with Crippen molar-refractivity contribution in [1.29, 1.82) is 0 Å². The van der Waals surface area contributed by atoms with E-state index >= 15 is 0 Å². The minimum absolute atomic E-state index is 0.315. The van der Waals surface area contributed by atoms with Gasteiger partial charge >= 0.3 is 0 Å². The second-order valence-corrected chi connectivity index (χ2v) is 7.13. The van der Waals surface area contributed by atoms with E-state index in [0.29, 0.717) is 17.9 Å². The van der Waals surface area contributed by atoms with Gasteiger partial charge in [-0.2, -0.15) is 11.8 Å². The van der Waals surface area contributed by atoms with Crippen molar-refractivity contribution < 1.29 is 9.84 Å². The number of aliphatic hydroxyl groups excluding tert-OH is 1. The number of hydrogen-bond acceptors (Lipinski definition) is 4. The van der Waals surface area contributed by atoms with E-state index in [2.05, 4.69) is 27.5 Å². The van der Waals surface area contributed by atoms with Crippen molar-refractivity contribution in [2.45, 2.75) is 23.7 Å². The van der Waals surface area contributed by atoms with E-state index < -0.39 is 6.10 Å². The number of nitrogens with one attached hydrogen (secondary N) is 1. The highest BCUT2D eigenvalue weighted by molar-refractivity contribution is 9.10. The Bertz CT molecular complexity index is 412. The molecule has 0 spiro atoms. The van der Waals surface area contributed by atoms with Gasteiger partial charge in [0.25, 0.3) is 0 Å². The second-order valence-electron chi connectivity index (χ2n) is 4.94. The molecule has 19 heavy (non-hydrogen) atoms. The molecule has 0 radical (unpaired) electrons. The lowest BCUT2D eigenvalue weighted by molar-refractivity contribution is 0.106. The lowest BCUT2D eigenvalue weighted by Crippen LogP contribution is -2.35. The SMILES string of the molecule is CSC1(CNCC(O)COc2cccc(Br)c2)CC1. The quantitative estimate of drug-likeness (QED) is 0.760. The van der Waals surface area contributed by atoms with Crippen LogP contribution in [0.5, 0.6) is 5.75 Å². The van der Waals surface area contributed by atoms with Crippen LogP contribution in [0.15, 0.2) is 28.7 Å². The number of aliphatic hydroxyl groups is 1. The first kappa shape index (κ1) is 15.2. The fourth-order valence-electron chi connectivity index (χ4n) is 1.87. The first-order valence-corrected chi connectivity index (χ1v) is 8.48. The molecule has 1 aliphatic rings. The second kappa shape index (κ2) is 6.97. The summed E-state index contributed by atoms with van der Waals surface area (Å²) < 4.78 is 6.96. The van der Waals surface area contributed by atoms with Crippen LogP contribution >= 0.6 is 27.7 Å². The third-order valence-corrected chi connectivity index (χ3v) is 5.22. The number of halogens is 1. The van der Waals surface area contributed by atoms with Gasteiger partial charge in [0, 0.05) is 22.3 Å². The number of benzene rings is 1. The molecule has 1 aromatic carbocycles. The zero-order valence-corrected chi connectivity index (χ0v) is 13.5. The molecule has 0 saturated heterocycles. The Morgan fingerprint density at radius 3 is 2.95 bits per heavy atom. The molecular weight excluding hydrogens is 326 g/mol. The summed E-state index contributed by atoms with van der Waals surface area (Å²) >= 11 is 5.31. The normalized spacial score (nSPS) is 18.1. The van der Waals surface area contributed by atoms with Crippen molar-refractivity contribution in [3.63, 3.8) is 0 Å². The van der Waals surface area contributed by atoms with Crippen molar-refractivity contribution in [2.75, 3.05) is 26.0 Å². The zero-order valence-electron chi connectivity index (χ0n) is 11.1. The number of hydrogen-bond donors (Lipinski definition) is 2. The van der Waals surface area contributed by atoms with Gasteiger partial charge in [-0.3, -0.25) is 0 Å². The predicted molar refractivity (Wildman–Crippen MR) is 84.0 cm³/mol. The van der Waals surface area contributed by atoms with Gasteiger partial charge in [0.1, 0.15) is 18.5 Å². The molecule has 106 valence electrons. The van der Waals surface area contributed by atoms with Crippen molar-refractivity contribution >= 4 is 27.7 Å². The van der Waals surface area contributed by atoms with E-state index in [1.807, 2.05) is 36.0 Å². The topological polar surface area (TPSA) is 41.5 Å². The van der Waals surface area contributed by atoms with Crippen LogP contribution in [0.1, 0.15) is 12.8 Å². The Balaban J connectivity index is 1.63. The van der Waals surface area contributed by atoms with Crippen LogP contribution in [0.4, 0.5) is 0 Å². The van der Waals surface area contributed by atoms with Crippen molar-refractivity contribution in [3.05, 3.63) is 28.7 Å². The Labute approximate surface area is 127 Å². The van der Waals surface area contributed by atoms with Gasteiger partial charge in [-0.25, -0.2) is 0 Å². The lowest BCUT2D eigenvalue weighted by Gasteiger charge is -2.16. The van der Waals surface area contributed by atoms with Crippen molar-refractivity contribution in [3.8, 4) is 5.75 Å². The fraction of sp³-hybridized carbons (Fsp3) is 0.571. The maximum Gasteiger partial charge on any atom is 0.120 e. The summed E-state index contributed by atoms with van der Waals surface area (Å²) in [6, 6.07) is 7.65. The van der Waals surface area contributed by atoms with E-state index in [1.165, 1.54) is 12.8 Å². The summed E-state index contributed by atoms with van der Waals surface area (Å²) in [6.07, 6.45) is 4.25. The van der Waals surface area contributed by atoms with Crippen LogP contribution < -0.4 is 10.1 Å². The van der Waals surface area contributed by atoms with Crippen LogP contribution in [0.3, 0.4) is 0 Å². The lowest BCUT2D eigenvalue weighted by atomic mass is 10.3. The van der Waals surface area contributed by atoms with Gasteiger partial charge in [-0.1, -0.05) is 22.0 Å². The van der Waals surface area contributed by atoms with Crippen LogP contribution in [-0.4, -0.2) is 41.9 Å². The van der Waals surface area contributed by atoms with E-state index in [9.17, 15) is 5.11 Å². The molecule has 0 bridgehead atoms. The molecule has 2 N–H and O–H groups in total. The average Bonchev–Trinajstić information content (AvgIpc) is 3.17. The summed E-state index contributed by atoms with van der Waals surface area (Å²) in [5.74, 6) is 0.774. The van der Waals surface area contributed by atoms with Gasteiger partial charge in [0.15, 0.2) is 0 Å². The minimum atomic E-state index is -0.475. The van der Waals surface area contributed by atoms with Crippen LogP contribution in [0, 0.1) is 0 Å². The highest BCUT2D eigenvalue weighted by atomic mass is 79.9. The monoisotopic (exact) mass is 345 g/mol. The maximum atomic E-state index is 9.86. The highest BCUT2D eigenvalue weighted by Gasteiger charge is 2.41. The molecule has 1 saturated carbocycles. The van der Waals surface area contributed by atoms with Crippen molar-refractivity contribution in [2.24, 2.45) is 0 Å². The summed E-state index contributed by atoms with van der Waals surface area (Å²) in [5, 5.41) is 13.2. The van der Waals surface area contributed by atoms with Crippen LogP contribution in [0.25, 0.3) is 0 Å². The molecule has 2 rings (SSSR count). The summed E-state index contributed by atoms with van der Waals surface area (Å²) in [7, 11) is 0. The molecule has 0 heterocycles. The molecule has 0 aromatic heterocycles. The summed E-state index contributed by atoms with van der Waals surface area (Å²) in [6.45, 7) is 1.87. The third kappa shape index (κ3) is 4.99. The molecule has 1 aromatic rings. The van der Waals surface area contributed by atoms with E-state index in [-0.39, 0.29) is 0 Å². The smallest absolute Gasteiger partial charge is 0.120 e. The van der Waals surface area contributed by atoms with E-state index in [0.717, 1.165) is 16.8 Å². The number of rotatable bonds is 8. The standard InChI is InChI=1S/C14H20BrNO2S/c1-19-14(5-6-14)10-16-8-12(17)9-18-13-4-2-3-11(15)7-13/h2-4,7,12,16-17H,5-6,8-10H2,1H3. The van der Waals surface area contributed by atoms with E-state index in [1.54, 1.807) is 0 Å². The first-order chi connectivity index (χ1) is 9.13. The number of thioether (sulfide) groups is 1. The summed E-state index contributed by atoms with van der Waals surface area (Å²) in [4.78, 5) is 0. The zero-order chi connectivity index (χ0) is 13.7. The van der Waals surface area contributed by atoms with Gasteiger partial charge in [0.2, 0.25) is 0 Å². The Kier molecular flexibility index (Phi) is 5.57. The third-order valence-electron chi connectivity index (χ3n) is 3.31. The molecule has 1 unspecified atom stereocenters. The molecule has 0 aliphatic heterocycles. The molecule has 0 amide bonds. The predicted octanol–water partition coefficient (Wildman–Crippen LogP) is 2.67. The van der Waals surface area contributed by atoms with E-state index in [4.69, 9.17) is 4.74 Å². The molecule has 1 atom stereocenters. The average molecular weight is 346 g/mol. The highest BCUT2D eigenvalue weighted by Crippen LogP contribution is 2.46. The first-order valence-electron chi connectivity index (χ1n) is 6.46. The maximum absolute atomic E-state index is 9.86. The Hall–Kier alpha value is -0.230. The van der Waals surface area contributed by atoms with Gasteiger partial charge in [0.05, 0.1) is 0 Å². The number of ether oxygens (including phenoxy) is 1. The fourth-order valence-corrected chi connectivity index (χ4v) is 3.00.